The van der Waals surface area contributed by atoms with E-state index in [0.717, 1.165) is 52.2 Å². The number of hydrogen-bond acceptors (Lipinski definition) is 3. The number of hydrogen-bond donors (Lipinski definition) is 0. The molecule has 1 aliphatic heterocycles. The monoisotopic (exact) mass is 404 g/mol. The fraction of sp³-hybridized carbons (Fsp3) is 0.240. The first-order chi connectivity index (χ1) is 14.1. The quantitative estimate of drug-likeness (QED) is 0.532. The molecule has 5 rings (SSSR count). The maximum absolute atomic E-state index is 13.4. The van der Waals surface area contributed by atoms with Crippen molar-refractivity contribution in [3.63, 3.8) is 0 Å². The van der Waals surface area contributed by atoms with Crippen molar-refractivity contribution in [3.8, 4) is 22.6 Å². The molecule has 0 atom stereocenters. The van der Waals surface area contributed by atoms with Crippen LogP contribution in [0.5, 0.6) is 11.5 Å². The van der Waals surface area contributed by atoms with Gasteiger partial charge in [-0.2, -0.15) is 0 Å². The van der Waals surface area contributed by atoms with E-state index in [1.54, 1.807) is 0 Å². The van der Waals surface area contributed by atoms with Crippen LogP contribution in [0.3, 0.4) is 0 Å². The van der Waals surface area contributed by atoms with Gasteiger partial charge in [0.15, 0.2) is 11.5 Å². The van der Waals surface area contributed by atoms with Crippen LogP contribution in [0.2, 0.25) is 5.02 Å². The van der Waals surface area contributed by atoms with Crippen LogP contribution in [0.1, 0.15) is 29.5 Å². The molecule has 1 saturated carbocycles. The third-order valence-electron chi connectivity index (χ3n) is 6.14. The fourth-order valence-electron chi connectivity index (χ4n) is 4.23. The normalized spacial score (nSPS) is 15.9. The number of Topliss-reactive ketones (excluding diaryl/α,β-unsaturated/α-hetero) is 1. The molecule has 1 aliphatic carbocycles. The second-order valence-corrected chi connectivity index (χ2v) is 8.29. The highest BCUT2D eigenvalue weighted by Gasteiger charge is 2.50. The van der Waals surface area contributed by atoms with E-state index < -0.39 is 0 Å². The summed E-state index contributed by atoms with van der Waals surface area (Å²) in [5.41, 5.74) is 5.03. The Kier molecular flexibility index (Phi) is 4.36. The van der Waals surface area contributed by atoms with Gasteiger partial charge in [0.05, 0.1) is 5.41 Å². The molecule has 0 amide bonds. The summed E-state index contributed by atoms with van der Waals surface area (Å²) in [5.74, 6) is 1.76. The summed E-state index contributed by atoms with van der Waals surface area (Å²) in [6, 6.07) is 19.9. The molecule has 0 N–H and O–H groups in total. The predicted octanol–water partition coefficient (Wildman–Crippen LogP) is 5.89. The van der Waals surface area contributed by atoms with E-state index in [1.165, 1.54) is 0 Å². The second-order valence-electron chi connectivity index (χ2n) is 7.85. The first-order valence-corrected chi connectivity index (χ1v) is 10.2. The number of fused-ring (bicyclic) bond motifs is 1. The third kappa shape index (κ3) is 3.20. The highest BCUT2D eigenvalue weighted by Crippen LogP contribution is 2.51. The van der Waals surface area contributed by atoms with Crippen molar-refractivity contribution in [3.05, 3.63) is 82.4 Å². The first-order valence-electron chi connectivity index (χ1n) is 9.85. The van der Waals surface area contributed by atoms with Crippen molar-refractivity contribution in [2.24, 2.45) is 0 Å². The first kappa shape index (κ1) is 18.3. The van der Waals surface area contributed by atoms with Crippen LogP contribution in [0.4, 0.5) is 0 Å². The number of benzene rings is 3. The van der Waals surface area contributed by atoms with Crippen molar-refractivity contribution < 1.29 is 14.3 Å². The fourth-order valence-corrected chi connectivity index (χ4v) is 4.42. The van der Waals surface area contributed by atoms with Crippen LogP contribution >= 0.6 is 11.6 Å². The molecule has 4 heteroatoms. The maximum Gasteiger partial charge on any atom is 0.231 e. The molecule has 0 aromatic heterocycles. The Morgan fingerprint density at radius 3 is 2.59 bits per heavy atom. The molecule has 0 bridgehead atoms. The molecule has 3 aromatic carbocycles. The number of carbonyl (C=O) groups is 1. The predicted molar refractivity (Wildman–Crippen MR) is 114 cm³/mol. The summed E-state index contributed by atoms with van der Waals surface area (Å²) >= 11 is 6.17. The van der Waals surface area contributed by atoms with Gasteiger partial charge in [-0.25, -0.2) is 0 Å². The molecule has 3 nitrogen and oxygen atoms in total. The van der Waals surface area contributed by atoms with Gasteiger partial charge in [-0.1, -0.05) is 48.0 Å². The standard InChI is InChI=1S/C25H21ClO3/c1-16-17(4-3-7-21(16)18-5-2-6-20(26)12-18)13-24(27)25(10-11-25)19-8-9-22-23(14-19)29-15-28-22/h2-9,12,14H,10-11,13,15H2,1H3. The van der Waals surface area contributed by atoms with Crippen molar-refractivity contribution in [1.29, 1.82) is 0 Å². The summed E-state index contributed by atoms with van der Waals surface area (Å²) in [4.78, 5) is 13.4. The van der Waals surface area contributed by atoms with Crippen molar-refractivity contribution in [1.82, 2.24) is 0 Å². The zero-order valence-corrected chi connectivity index (χ0v) is 17.0. The molecular weight excluding hydrogens is 384 g/mol. The van der Waals surface area contributed by atoms with Crippen LogP contribution < -0.4 is 9.47 Å². The minimum absolute atomic E-state index is 0.245. The number of ketones is 1. The number of halogens is 1. The van der Waals surface area contributed by atoms with E-state index in [-0.39, 0.29) is 18.0 Å². The van der Waals surface area contributed by atoms with Gasteiger partial charge in [0, 0.05) is 11.4 Å². The zero-order chi connectivity index (χ0) is 20.0. The Balaban J connectivity index is 1.43. The van der Waals surface area contributed by atoms with Gasteiger partial charge < -0.3 is 9.47 Å². The Morgan fingerprint density at radius 2 is 1.79 bits per heavy atom. The van der Waals surface area contributed by atoms with Gasteiger partial charge in [-0.3, -0.25) is 4.79 Å². The molecule has 1 heterocycles. The summed E-state index contributed by atoms with van der Waals surface area (Å²) in [5, 5.41) is 0.711. The Morgan fingerprint density at radius 1 is 1.00 bits per heavy atom. The van der Waals surface area contributed by atoms with Crippen molar-refractivity contribution >= 4 is 17.4 Å². The summed E-state index contributed by atoms with van der Waals surface area (Å²) in [7, 11) is 0. The second kappa shape index (κ2) is 6.93. The topological polar surface area (TPSA) is 35.5 Å². The number of carbonyl (C=O) groups excluding carboxylic acids is 1. The largest absolute Gasteiger partial charge is 0.454 e. The Bertz CT molecular complexity index is 1110. The zero-order valence-electron chi connectivity index (χ0n) is 16.2. The van der Waals surface area contributed by atoms with Crippen molar-refractivity contribution in [2.45, 2.75) is 31.6 Å². The Labute approximate surface area is 175 Å². The van der Waals surface area contributed by atoms with Gasteiger partial charge >= 0.3 is 0 Å². The molecule has 1 fully saturated rings. The van der Waals surface area contributed by atoms with Crippen LogP contribution in [0.25, 0.3) is 11.1 Å². The van der Waals surface area contributed by atoms with Gasteiger partial charge in [0.25, 0.3) is 0 Å². The lowest BCUT2D eigenvalue weighted by atomic mass is 9.86. The molecular formula is C25H21ClO3. The smallest absolute Gasteiger partial charge is 0.231 e. The Hall–Kier alpha value is -2.78. The van der Waals surface area contributed by atoms with Crippen molar-refractivity contribution in [2.75, 3.05) is 6.79 Å². The highest BCUT2D eigenvalue weighted by molar-refractivity contribution is 6.30. The maximum atomic E-state index is 13.4. The molecule has 146 valence electrons. The molecule has 0 radical (unpaired) electrons. The third-order valence-corrected chi connectivity index (χ3v) is 6.38. The van der Waals surface area contributed by atoms with Crippen LogP contribution in [0.15, 0.2) is 60.7 Å². The summed E-state index contributed by atoms with van der Waals surface area (Å²) in [6.07, 6.45) is 2.20. The van der Waals surface area contributed by atoms with Gasteiger partial charge in [0.1, 0.15) is 5.78 Å². The van der Waals surface area contributed by atoms with E-state index in [2.05, 4.69) is 25.1 Å². The van der Waals surface area contributed by atoms with Gasteiger partial charge in [0.2, 0.25) is 6.79 Å². The van der Waals surface area contributed by atoms with E-state index in [1.807, 2.05) is 42.5 Å². The number of rotatable bonds is 5. The molecule has 0 spiro atoms. The average Bonchev–Trinajstić information content (AvgIpc) is 3.40. The minimum Gasteiger partial charge on any atom is -0.454 e. The molecule has 0 unspecified atom stereocenters. The van der Waals surface area contributed by atoms with Crippen LogP contribution in [-0.2, 0) is 16.6 Å². The lowest BCUT2D eigenvalue weighted by molar-refractivity contribution is -0.120. The SMILES string of the molecule is Cc1c(CC(=O)C2(c3ccc4c(c3)OCO4)CC2)cccc1-c1cccc(Cl)c1. The lowest BCUT2D eigenvalue weighted by Gasteiger charge is -2.17. The molecule has 29 heavy (non-hydrogen) atoms. The van der Waals surface area contributed by atoms with E-state index in [0.29, 0.717) is 11.4 Å². The molecule has 3 aromatic rings. The van der Waals surface area contributed by atoms with E-state index >= 15 is 0 Å². The number of ether oxygens (including phenoxy) is 2. The lowest BCUT2D eigenvalue weighted by Crippen LogP contribution is -2.23. The molecule has 2 aliphatic rings. The molecule has 0 saturated heterocycles. The summed E-state index contributed by atoms with van der Waals surface area (Å²) < 4.78 is 10.9. The van der Waals surface area contributed by atoms with Crippen LogP contribution in [0, 0.1) is 6.92 Å². The average molecular weight is 405 g/mol. The van der Waals surface area contributed by atoms with Crippen LogP contribution in [-0.4, -0.2) is 12.6 Å². The van der Waals surface area contributed by atoms with Gasteiger partial charge in [-0.15, -0.1) is 0 Å². The summed E-state index contributed by atoms with van der Waals surface area (Å²) in [6.45, 7) is 2.33. The highest BCUT2D eigenvalue weighted by atomic mass is 35.5. The van der Waals surface area contributed by atoms with E-state index in [4.69, 9.17) is 21.1 Å². The van der Waals surface area contributed by atoms with E-state index in [9.17, 15) is 4.79 Å². The van der Waals surface area contributed by atoms with Gasteiger partial charge in [-0.05, 0) is 71.8 Å². The minimum atomic E-state index is -0.389.